The van der Waals surface area contributed by atoms with E-state index in [4.69, 9.17) is 0 Å². The van der Waals surface area contributed by atoms with Crippen molar-refractivity contribution in [1.29, 1.82) is 5.26 Å². The largest absolute Gasteiger partial charge is 0.331 e. The van der Waals surface area contributed by atoms with E-state index in [2.05, 4.69) is 39.1 Å². The Balaban J connectivity index is 1.95. The monoisotopic (exact) mass is 409 g/mol. The third-order valence-electron chi connectivity index (χ3n) is 5.07. The van der Waals surface area contributed by atoms with Gasteiger partial charge in [-0.05, 0) is 52.5 Å². The Morgan fingerprint density at radius 2 is 1.88 bits per heavy atom. The molecule has 1 aliphatic rings. The summed E-state index contributed by atoms with van der Waals surface area (Å²) >= 11 is 3.31. The molecule has 1 heterocycles. The summed E-state index contributed by atoms with van der Waals surface area (Å²) in [7, 11) is 1.81. The number of nitrogens with zero attached hydrogens (tertiary/aromatic N) is 3. The Hall–Kier alpha value is -2.45. The lowest BCUT2D eigenvalue weighted by Gasteiger charge is -2.39. The van der Waals surface area contributed by atoms with Crippen LogP contribution in [0.2, 0.25) is 0 Å². The molecule has 1 fully saturated rings. The molecule has 2 aromatic rings. The van der Waals surface area contributed by atoms with E-state index >= 15 is 0 Å². The lowest BCUT2D eigenvalue weighted by molar-refractivity contribution is -0.131. The molecule has 0 N–H and O–H groups in total. The molecular weight excluding hydrogens is 390 g/mol. The zero-order valence-electron chi connectivity index (χ0n) is 14.7. The van der Waals surface area contributed by atoms with Gasteiger partial charge in [0, 0.05) is 7.05 Å². The van der Waals surface area contributed by atoms with Crippen molar-refractivity contribution in [1.82, 2.24) is 9.88 Å². The van der Waals surface area contributed by atoms with Crippen LogP contribution in [0.4, 0.5) is 0 Å². The minimum Gasteiger partial charge on any atom is -0.331 e. The maximum Gasteiger partial charge on any atom is 0.265 e. The molecule has 26 heavy (non-hydrogen) atoms. The number of carbonyl (C=O) groups is 1. The van der Waals surface area contributed by atoms with E-state index in [-0.39, 0.29) is 17.0 Å². The molecule has 0 aliphatic heterocycles. The zero-order valence-corrected chi connectivity index (χ0v) is 16.2. The highest BCUT2D eigenvalue weighted by molar-refractivity contribution is 9.10. The van der Waals surface area contributed by atoms with Gasteiger partial charge in [0.15, 0.2) is 0 Å². The number of nitriles is 1. The van der Waals surface area contributed by atoms with Gasteiger partial charge in [0.1, 0.15) is 16.2 Å². The number of carbonyl (C=O) groups excluding carboxylic acids is 1. The molecule has 1 amide bonds. The minimum absolute atomic E-state index is 0.0975. The average molecular weight is 410 g/mol. The summed E-state index contributed by atoms with van der Waals surface area (Å²) in [6.45, 7) is 0. The number of hydrogen-bond acceptors (Lipinski definition) is 3. The molecule has 0 spiro atoms. The van der Waals surface area contributed by atoms with Crippen molar-refractivity contribution in [3.63, 3.8) is 0 Å². The lowest BCUT2D eigenvalue weighted by atomic mass is 9.86. The summed E-state index contributed by atoms with van der Waals surface area (Å²) in [5, 5.41) is 9.57. The van der Waals surface area contributed by atoms with Crippen molar-refractivity contribution in [3.05, 3.63) is 70.0 Å². The SMILES string of the molecule is CN(C(=O)C(C#N)=Cc1cccc(Br)n1)C1(c2ccccc2)CCCC1. The number of rotatable bonds is 4. The number of aromatic nitrogens is 1. The van der Waals surface area contributed by atoms with Gasteiger partial charge in [-0.3, -0.25) is 4.79 Å². The van der Waals surface area contributed by atoms with Gasteiger partial charge in [-0.15, -0.1) is 0 Å². The molecule has 0 radical (unpaired) electrons. The Labute approximate surface area is 162 Å². The average Bonchev–Trinajstić information content (AvgIpc) is 3.17. The molecule has 0 saturated heterocycles. The van der Waals surface area contributed by atoms with E-state index in [9.17, 15) is 10.1 Å². The predicted octanol–water partition coefficient (Wildman–Crippen LogP) is 4.68. The van der Waals surface area contributed by atoms with Crippen molar-refractivity contribution < 1.29 is 4.79 Å². The van der Waals surface area contributed by atoms with Crippen LogP contribution in [-0.2, 0) is 10.3 Å². The van der Waals surface area contributed by atoms with E-state index < -0.39 is 0 Å². The fraction of sp³-hybridized carbons (Fsp3) is 0.286. The molecule has 1 aliphatic carbocycles. The topological polar surface area (TPSA) is 57.0 Å². The number of benzene rings is 1. The molecular formula is C21H20BrN3O. The first-order chi connectivity index (χ1) is 12.6. The Kier molecular flexibility index (Phi) is 5.53. The molecule has 1 saturated carbocycles. The second kappa shape index (κ2) is 7.84. The van der Waals surface area contributed by atoms with Crippen LogP contribution in [0, 0.1) is 11.3 Å². The first-order valence-corrected chi connectivity index (χ1v) is 9.44. The van der Waals surface area contributed by atoms with Crippen molar-refractivity contribution in [2.75, 3.05) is 7.05 Å². The number of halogens is 1. The molecule has 0 unspecified atom stereocenters. The van der Waals surface area contributed by atoms with Gasteiger partial charge in [0.25, 0.3) is 5.91 Å². The fourth-order valence-electron chi connectivity index (χ4n) is 3.70. The number of hydrogen-bond donors (Lipinski definition) is 0. The second-order valence-electron chi connectivity index (χ2n) is 6.52. The van der Waals surface area contributed by atoms with Gasteiger partial charge in [-0.2, -0.15) is 5.26 Å². The van der Waals surface area contributed by atoms with Crippen LogP contribution < -0.4 is 0 Å². The highest BCUT2D eigenvalue weighted by Gasteiger charge is 2.42. The van der Waals surface area contributed by atoms with Crippen LogP contribution in [0.5, 0.6) is 0 Å². The van der Waals surface area contributed by atoms with Gasteiger partial charge < -0.3 is 4.90 Å². The van der Waals surface area contributed by atoms with Crippen molar-refractivity contribution in [3.8, 4) is 6.07 Å². The second-order valence-corrected chi connectivity index (χ2v) is 7.34. The van der Waals surface area contributed by atoms with Crippen molar-refractivity contribution >= 4 is 27.9 Å². The third kappa shape index (κ3) is 3.56. The maximum absolute atomic E-state index is 13.1. The zero-order chi connectivity index (χ0) is 18.6. The molecule has 4 nitrogen and oxygen atoms in total. The normalized spacial score (nSPS) is 16.1. The Morgan fingerprint density at radius 3 is 2.50 bits per heavy atom. The van der Waals surface area contributed by atoms with E-state index in [1.165, 1.54) is 0 Å². The standard InChI is InChI=1S/C21H20BrN3O/c1-25(21(12-5-6-13-21)17-8-3-2-4-9-17)20(26)16(15-23)14-18-10-7-11-19(22)24-18/h2-4,7-11,14H,5-6,12-13H2,1H3. The Morgan fingerprint density at radius 1 is 1.19 bits per heavy atom. The van der Waals surface area contributed by atoms with Gasteiger partial charge in [0.05, 0.1) is 11.2 Å². The molecule has 1 aromatic carbocycles. The summed E-state index contributed by atoms with van der Waals surface area (Å²) in [5.41, 5.74) is 1.46. The highest BCUT2D eigenvalue weighted by atomic mass is 79.9. The number of pyridine rings is 1. The van der Waals surface area contributed by atoms with Gasteiger partial charge in [-0.1, -0.05) is 49.2 Å². The van der Waals surface area contributed by atoms with Crippen LogP contribution in [0.25, 0.3) is 6.08 Å². The third-order valence-corrected chi connectivity index (χ3v) is 5.51. The quantitative estimate of drug-likeness (QED) is 0.418. The van der Waals surface area contributed by atoms with Crippen molar-refractivity contribution in [2.45, 2.75) is 31.2 Å². The molecule has 1 aromatic heterocycles. The molecule has 0 atom stereocenters. The van der Waals surface area contributed by atoms with E-state index in [1.54, 1.807) is 30.2 Å². The van der Waals surface area contributed by atoms with Crippen LogP contribution in [-0.4, -0.2) is 22.8 Å². The summed E-state index contributed by atoms with van der Waals surface area (Å²) < 4.78 is 0.667. The highest BCUT2D eigenvalue weighted by Crippen LogP contribution is 2.43. The van der Waals surface area contributed by atoms with Crippen LogP contribution >= 0.6 is 15.9 Å². The van der Waals surface area contributed by atoms with Crippen LogP contribution in [0.15, 0.2) is 58.7 Å². The fourth-order valence-corrected chi connectivity index (χ4v) is 4.05. The predicted molar refractivity (Wildman–Crippen MR) is 105 cm³/mol. The molecule has 0 bridgehead atoms. The van der Waals surface area contributed by atoms with Crippen LogP contribution in [0.1, 0.15) is 36.9 Å². The summed E-state index contributed by atoms with van der Waals surface area (Å²) in [6.07, 6.45) is 5.52. The van der Waals surface area contributed by atoms with E-state index in [1.807, 2.05) is 24.3 Å². The lowest BCUT2D eigenvalue weighted by Crippen LogP contribution is -2.45. The summed E-state index contributed by atoms with van der Waals surface area (Å²) in [5.74, 6) is -0.264. The first-order valence-electron chi connectivity index (χ1n) is 8.65. The molecule has 132 valence electrons. The van der Waals surface area contributed by atoms with Gasteiger partial charge >= 0.3 is 0 Å². The van der Waals surface area contributed by atoms with E-state index in [0.717, 1.165) is 31.2 Å². The van der Waals surface area contributed by atoms with Gasteiger partial charge in [0.2, 0.25) is 0 Å². The smallest absolute Gasteiger partial charge is 0.265 e. The first kappa shape index (κ1) is 18.3. The maximum atomic E-state index is 13.1. The molecule has 5 heteroatoms. The minimum atomic E-state index is -0.348. The van der Waals surface area contributed by atoms with Crippen molar-refractivity contribution in [2.24, 2.45) is 0 Å². The van der Waals surface area contributed by atoms with E-state index in [0.29, 0.717) is 10.3 Å². The van der Waals surface area contributed by atoms with Gasteiger partial charge in [-0.25, -0.2) is 4.98 Å². The number of likely N-dealkylation sites (N-methyl/N-ethyl adjacent to an activating group) is 1. The van der Waals surface area contributed by atoms with Crippen LogP contribution in [0.3, 0.4) is 0 Å². The summed E-state index contributed by atoms with van der Waals surface area (Å²) in [6, 6.07) is 17.6. The summed E-state index contributed by atoms with van der Waals surface area (Å²) in [4.78, 5) is 19.2. The molecule has 3 rings (SSSR count). The number of amides is 1. The Bertz CT molecular complexity index is 864.